The maximum atomic E-state index is 12.1. The van der Waals surface area contributed by atoms with Crippen LogP contribution in [0.15, 0.2) is 53.4 Å². The number of carbonyl (C=O) groups excluding carboxylic acids is 1. The molecular weight excluding hydrogens is 430 g/mol. The molecule has 10 heteroatoms. The lowest BCUT2D eigenvalue weighted by Gasteiger charge is -2.10. The number of thiocarbonyl (C=S) groups is 1. The van der Waals surface area contributed by atoms with E-state index in [1.165, 1.54) is 12.1 Å². The van der Waals surface area contributed by atoms with Gasteiger partial charge in [-0.1, -0.05) is 59.4 Å². The first-order chi connectivity index (χ1) is 13.8. The number of rotatable bonds is 9. The van der Waals surface area contributed by atoms with Crippen molar-refractivity contribution in [1.29, 1.82) is 0 Å². The molecule has 0 saturated heterocycles. The molecule has 0 atom stereocenters. The molecule has 0 aliphatic carbocycles. The fourth-order valence-corrected chi connectivity index (χ4v) is 3.75. The van der Waals surface area contributed by atoms with Gasteiger partial charge < -0.3 is 10.1 Å². The van der Waals surface area contributed by atoms with Crippen LogP contribution in [0, 0.1) is 13.8 Å². The van der Waals surface area contributed by atoms with Gasteiger partial charge in [-0.15, -0.1) is 4.83 Å². The zero-order valence-electron chi connectivity index (χ0n) is 16.1. The van der Waals surface area contributed by atoms with Gasteiger partial charge in [-0.05, 0) is 38.1 Å². The first-order valence-electron chi connectivity index (χ1n) is 8.74. The molecule has 29 heavy (non-hydrogen) atoms. The Balaban J connectivity index is 1.63. The van der Waals surface area contributed by atoms with Crippen molar-refractivity contribution in [2.45, 2.75) is 18.7 Å². The summed E-state index contributed by atoms with van der Waals surface area (Å²) in [7, 11) is -3.81. The molecule has 0 unspecified atom stereocenters. The van der Waals surface area contributed by atoms with Gasteiger partial charge in [-0.2, -0.15) is 0 Å². The number of hydrogen-bond donors (Lipinski definition) is 3. The molecule has 0 radical (unpaired) electrons. The maximum absolute atomic E-state index is 12.1. The number of sulfonamides is 1. The number of benzene rings is 2. The van der Waals surface area contributed by atoms with Crippen LogP contribution in [0.2, 0.25) is 0 Å². The predicted octanol–water partition coefficient (Wildman–Crippen LogP) is 2.30. The van der Waals surface area contributed by atoms with Gasteiger partial charge in [-0.25, -0.2) is 8.42 Å². The Morgan fingerprint density at radius 3 is 2.24 bits per heavy atom. The summed E-state index contributed by atoms with van der Waals surface area (Å²) in [6, 6.07) is 14.0. The molecule has 7 nitrogen and oxygen atoms in total. The van der Waals surface area contributed by atoms with E-state index in [1.54, 1.807) is 12.1 Å². The number of ether oxygens (including phenoxy) is 1. The quantitative estimate of drug-likeness (QED) is 0.305. The zero-order valence-corrected chi connectivity index (χ0v) is 18.5. The summed E-state index contributed by atoms with van der Waals surface area (Å²) in [5.74, 6) is 0.239. The van der Waals surface area contributed by atoms with Gasteiger partial charge in [-0.3, -0.25) is 10.2 Å². The van der Waals surface area contributed by atoms with Crippen LogP contribution in [0.25, 0.3) is 0 Å². The van der Waals surface area contributed by atoms with Crippen molar-refractivity contribution in [1.82, 2.24) is 15.6 Å². The van der Waals surface area contributed by atoms with Crippen molar-refractivity contribution in [2.24, 2.45) is 0 Å². The largest absolute Gasteiger partial charge is 0.492 e. The normalized spacial score (nSPS) is 11.0. The molecule has 156 valence electrons. The maximum Gasteiger partial charge on any atom is 0.257 e. The van der Waals surface area contributed by atoms with E-state index in [2.05, 4.69) is 15.6 Å². The number of hydrazine groups is 1. The Bertz CT molecular complexity index is 930. The molecule has 2 aromatic carbocycles. The van der Waals surface area contributed by atoms with Gasteiger partial charge in [0.1, 0.15) is 16.7 Å². The van der Waals surface area contributed by atoms with Crippen LogP contribution in [0.3, 0.4) is 0 Å². The molecule has 0 aromatic heterocycles. The van der Waals surface area contributed by atoms with E-state index in [-0.39, 0.29) is 10.6 Å². The second-order valence-electron chi connectivity index (χ2n) is 6.13. The number of thioether (sulfide) groups is 1. The second-order valence-corrected chi connectivity index (χ2v) is 9.47. The van der Waals surface area contributed by atoms with Gasteiger partial charge >= 0.3 is 0 Å². The van der Waals surface area contributed by atoms with Crippen LogP contribution in [0.1, 0.15) is 11.1 Å². The molecule has 0 spiro atoms. The lowest BCUT2D eigenvalue weighted by atomic mass is 10.2. The third-order valence-corrected chi connectivity index (χ3v) is 6.23. The molecule has 1 amide bonds. The van der Waals surface area contributed by atoms with Gasteiger partial charge in [0.15, 0.2) is 0 Å². The topological polar surface area (TPSA) is 96.5 Å². The number of hydrogen-bond acceptors (Lipinski definition) is 6. The summed E-state index contributed by atoms with van der Waals surface area (Å²) in [4.78, 5) is 14.0. The molecule has 2 rings (SSSR count). The van der Waals surface area contributed by atoms with Crippen molar-refractivity contribution in [3.63, 3.8) is 0 Å². The molecule has 3 N–H and O–H groups in total. The van der Waals surface area contributed by atoms with E-state index < -0.39 is 15.9 Å². The van der Waals surface area contributed by atoms with Gasteiger partial charge in [0.25, 0.3) is 10.0 Å². The van der Waals surface area contributed by atoms with E-state index in [4.69, 9.17) is 17.0 Å². The standard InChI is InChI=1S/C19H23N3O4S3/c1-14-3-7-16(8-4-14)26-12-11-20-19(27)28-13-18(23)21-22-29(24,25)17-9-5-15(2)6-10-17/h3-10,22H,11-13H2,1-2H3,(H,20,27)(H,21,23). The Morgan fingerprint density at radius 2 is 1.62 bits per heavy atom. The fraction of sp³-hybridized carbons (Fsp3) is 0.263. The van der Waals surface area contributed by atoms with Crippen LogP contribution in [0.5, 0.6) is 5.75 Å². The van der Waals surface area contributed by atoms with Gasteiger partial charge in [0, 0.05) is 0 Å². The molecule has 0 bridgehead atoms. The van der Waals surface area contributed by atoms with Crippen molar-refractivity contribution >= 4 is 44.2 Å². The smallest absolute Gasteiger partial charge is 0.257 e. The molecule has 0 heterocycles. The summed E-state index contributed by atoms with van der Waals surface area (Å²) in [5, 5.41) is 2.97. The highest BCUT2D eigenvalue weighted by Gasteiger charge is 2.15. The van der Waals surface area contributed by atoms with Crippen molar-refractivity contribution in [2.75, 3.05) is 18.9 Å². The predicted molar refractivity (Wildman–Crippen MR) is 119 cm³/mol. The van der Waals surface area contributed by atoms with Crippen molar-refractivity contribution in [3.8, 4) is 5.75 Å². The Hall–Kier alpha value is -2.14. The number of carbonyl (C=O) groups is 1. The van der Waals surface area contributed by atoms with Crippen LogP contribution >= 0.6 is 24.0 Å². The number of nitrogens with one attached hydrogen (secondary N) is 3. The summed E-state index contributed by atoms with van der Waals surface area (Å²) in [6.45, 7) is 4.77. The van der Waals surface area contributed by atoms with E-state index >= 15 is 0 Å². The minimum Gasteiger partial charge on any atom is -0.492 e. The second kappa shape index (κ2) is 11.1. The molecule has 0 fully saturated rings. The lowest BCUT2D eigenvalue weighted by Crippen LogP contribution is -2.42. The number of amides is 1. The highest BCUT2D eigenvalue weighted by atomic mass is 32.2. The fourth-order valence-electron chi connectivity index (χ4n) is 2.08. The van der Waals surface area contributed by atoms with Gasteiger partial charge in [0.05, 0.1) is 17.2 Å². The minimum atomic E-state index is -3.81. The molecule has 0 saturated carbocycles. The molecule has 2 aromatic rings. The third-order valence-electron chi connectivity index (χ3n) is 3.65. The molecule has 0 aliphatic rings. The SMILES string of the molecule is Cc1ccc(OCCNC(=S)SCC(=O)NNS(=O)(=O)c2ccc(C)cc2)cc1. The highest BCUT2D eigenvalue weighted by molar-refractivity contribution is 8.23. The summed E-state index contributed by atoms with van der Waals surface area (Å²) < 4.78 is 30.2. The minimum absolute atomic E-state index is 0.0267. The third kappa shape index (κ3) is 8.40. The molecular formula is C19H23N3O4S3. The monoisotopic (exact) mass is 453 g/mol. The summed E-state index contributed by atoms with van der Waals surface area (Å²) in [6.07, 6.45) is 0. The zero-order chi connectivity index (χ0) is 21.3. The van der Waals surface area contributed by atoms with E-state index in [0.717, 1.165) is 28.6 Å². The van der Waals surface area contributed by atoms with Gasteiger partial charge in [0.2, 0.25) is 5.91 Å². The van der Waals surface area contributed by atoms with Crippen LogP contribution < -0.4 is 20.3 Å². The first-order valence-corrected chi connectivity index (χ1v) is 11.6. The summed E-state index contributed by atoms with van der Waals surface area (Å²) in [5.41, 5.74) is 4.27. The highest BCUT2D eigenvalue weighted by Crippen LogP contribution is 2.11. The van der Waals surface area contributed by atoms with E-state index in [1.807, 2.05) is 38.1 Å². The summed E-state index contributed by atoms with van der Waals surface area (Å²) >= 11 is 6.24. The Kier molecular flexibility index (Phi) is 8.90. The Morgan fingerprint density at radius 1 is 1.03 bits per heavy atom. The van der Waals surface area contributed by atoms with Crippen molar-refractivity contribution in [3.05, 3.63) is 59.7 Å². The lowest BCUT2D eigenvalue weighted by molar-refractivity contribution is -0.119. The first kappa shape index (κ1) is 23.1. The number of aryl methyl sites for hydroxylation is 2. The van der Waals surface area contributed by atoms with Crippen molar-refractivity contribution < 1.29 is 17.9 Å². The van der Waals surface area contributed by atoms with Crippen LogP contribution in [0.4, 0.5) is 0 Å². The average Bonchev–Trinajstić information content (AvgIpc) is 2.70. The average molecular weight is 454 g/mol. The van der Waals surface area contributed by atoms with Crippen LogP contribution in [-0.4, -0.2) is 37.6 Å². The van der Waals surface area contributed by atoms with E-state index in [9.17, 15) is 13.2 Å². The van der Waals surface area contributed by atoms with Crippen LogP contribution in [-0.2, 0) is 14.8 Å². The molecule has 0 aliphatic heterocycles. The Labute approximate surface area is 180 Å². The van der Waals surface area contributed by atoms with E-state index in [0.29, 0.717) is 17.5 Å².